The lowest BCUT2D eigenvalue weighted by molar-refractivity contribution is 0.184. The molecule has 3 N–H and O–H groups in total. The van der Waals surface area contributed by atoms with E-state index in [1.807, 2.05) is 0 Å². The number of rotatable bonds is 2. The van der Waals surface area contributed by atoms with Gasteiger partial charge in [0.15, 0.2) is 0 Å². The standard InChI is InChI=1S/C7H11N5O2/c8-6(11-13)7-9-4-12(10-7)5-1-2-14-3-5/h4-5,13H,1-3H2,(H2,8,11). The number of hydrogen-bond acceptors (Lipinski definition) is 5. The monoisotopic (exact) mass is 197 g/mol. The van der Waals surface area contributed by atoms with Gasteiger partial charge in [-0.3, -0.25) is 0 Å². The van der Waals surface area contributed by atoms with Gasteiger partial charge < -0.3 is 15.7 Å². The predicted octanol–water partition coefficient (Wildman–Crippen LogP) is -0.666. The summed E-state index contributed by atoms with van der Waals surface area (Å²) in [6.45, 7) is 1.38. The molecule has 7 heteroatoms. The highest BCUT2D eigenvalue weighted by molar-refractivity contribution is 5.93. The first-order valence-electron chi connectivity index (χ1n) is 4.28. The summed E-state index contributed by atoms with van der Waals surface area (Å²) in [7, 11) is 0. The van der Waals surface area contributed by atoms with Crippen LogP contribution in [0.5, 0.6) is 0 Å². The van der Waals surface area contributed by atoms with Crippen molar-refractivity contribution in [3.05, 3.63) is 12.2 Å². The fraction of sp³-hybridized carbons (Fsp3) is 0.571. The van der Waals surface area contributed by atoms with E-state index in [0.29, 0.717) is 6.61 Å². The van der Waals surface area contributed by atoms with Crippen LogP contribution in [0.3, 0.4) is 0 Å². The summed E-state index contributed by atoms with van der Waals surface area (Å²) in [4.78, 5) is 3.91. The highest BCUT2D eigenvalue weighted by Crippen LogP contribution is 2.16. The van der Waals surface area contributed by atoms with Crippen LogP contribution in [0.4, 0.5) is 0 Å². The number of amidine groups is 1. The van der Waals surface area contributed by atoms with Crippen LogP contribution in [0.1, 0.15) is 18.3 Å². The Morgan fingerprint density at radius 2 is 2.64 bits per heavy atom. The number of hydrogen-bond donors (Lipinski definition) is 2. The molecule has 0 radical (unpaired) electrons. The Morgan fingerprint density at radius 3 is 3.29 bits per heavy atom. The summed E-state index contributed by atoms with van der Waals surface area (Å²) in [6, 6.07) is 0.211. The van der Waals surface area contributed by atoms with Gasteiger partial charge in [0, 0.05) is 6.61 Å². The van der Waals surface area contributed by atoms with Crippen LogP contribution in [0.25, 0.3) is 0 Å². The number of oxime groups is 1. The molecule has 1 unspecified atom stereocenters. The minimum Gasteiger partial charge on any atom is -0.409 e. The van der Waals surface area contributed by atoms with Crippen LogP contribution in [0, 0.1) is 0 Å². The average molecular weight is 197 g/mol. The molecule has 1 fully saturated rings. The topological polar surface area (TPSA) is 98.6 Å². The van der Waals surface area contributed by atoms with Crippen molar-refractivity contribution in [2.45, 2.75) is 12.5 Å². The lowest BCUT2D eigenvalue weighted by Crippen LogP contribution is -2.16. The van der Waals surface area contributed by atoms with Crippen molar-refractivity contribution >= 4 is 5.84 Å². The molecular weight excluding hydrogens is 186 g/mol. The van der Waals surface area contributed by atoms with Crippen LogP contribution in [-0.4, -0.2) is 39.0 Å². The molecular formula is C7H11N5O2. The zero-order valence-corrected chi connectivity index (χ0v) is 7.50. The third kappa shape index (κ3) is 1.53. The van der Waals surface area contributed by atoms with Crippen molar-refractivity contribution in [3.8, 4) is 0 Å². The van der Waals surface area contributed by atoms with Gasteiger partial charge in [0.2, 0.25) is 11.7 Å². The lowest BCUT2D eigenvalue weighted by atomic mass is 10.3. The van der Waals surface area contributed by atoms with E-state index in [9.17, 15) is 0 Å². The Kier molecular flexibility index (Phi) is 2.32. The third-order valence-corrected chi connectivity index (χ3v) is 2.13. The molecule has 1 aliphatic rings. The zero-order valence-electron chi connectivity index (χ0n) is 7.50. The summed E-state index contributed by atoms with van der Waals surface area (Å²) in [6.07, 6.45) is 2.48. The molecule has 7 nitrogen and oxygen atoms in total. The van der Waals surface area contributed by atoms with Crippen LogP contribution >= 0.6 is 0 Å². The van der Waals surface area contributed by atoms with E-state index >= 15 is 0 Å². The smallest absolute Gasteiger partial charge is 0.219 e. The van der Waals surface area contributed by atoms with Crippen molar-refractivity contribution in [1.29, 1.82) is 0 Å². The molecule has 14 heavy (non-hydrogen) atoms. The van der Waals surface area contributed by atoms with E-state index in [1.54, 1.807) is 11.0 Å². The highest BCUT2D eigenvalue weighted by Gasteiger charge is 2.19. The molecule has 1 aromatic rings. The van der Waals surface area contributed by atoms with E-state index < -0.39 is 0 Å². The maximum absolute atomic E-state index is 8.41. The first-order valence-corrected chi connectivity index (χ1v) is 4.28. The maximum Gasteiger partial charge on any atom is 0.219 e. The molecule has 1 atom stereocenters. The number of ether oxygens (including phenoxy) is 1. The van der Waals surface area contributed by atoms with Gasteiger partial charge in [-0.2, -0.15) is 0 Å². The van der Waals surface area contributed by atoms with Crippen molar-refractivity contribution in [1.82, 2.24) is 14.8 Å². The lowest BCUT2D eigenvalue weighted by Gasteiger charge is -2.05. The molecule has 2 rings (SSSR count). The van der Waals surface area contributed by atoms with Crippen molar-refractivity contribution in [2.75, 3.05) is 13.2 Å². The van der Waals surface area contributed by atoms with Crippen molar-refractivity contribution in [2.24, 2.45) is 10.9 Å². The molecule has 0 aromatic carbocycles. The Bertz CT molecular complexity index is 342. The van der Waals surface area contributed by atoms with Crippen LogP contribution in [0.15, 0.2) is 11.5 Å². The Morgan fingerprint density at radius 1 is 1.79 bits per heavy atom. The summed E-state index contributed by atoms with van der Waals surface area (Å²) >= 11 is 0. The molecule has 76 valence electrons. The molecule has 2 heterocycles. The minimum atomic E-state index is -0.0809. The second-order valence-corrected chi connectivity index (χ2v) is 3.05. The van der Waals surface area contributed by atoms with Crippen molar-refractivity contribution < 1.29 is 9.94 Å². The Hall–Kier alpha value is -1.63. The SMILES string of the molecule is NC(=NO)c1ncn(C2CCOC2)n1. The molecule has 0 saturated carbocycles. The van der Waals surface area contributed by atoms with E-state index in [2.05, 4.69) is 15.2 Å². The van der Waals surface area contributed by atoms with Crippen LogP contribution in [-0.2, 0) is 4.74 Å². The third-order valence-electron chi connectivity index (χ3n) is 2.13. The zero-order chi connectivity index (χ0) is 9.97. The Labute approximate surface area is 80.2 Å². The summed E-state index contributed by atoms with van der Waals surface area (Å²) < 4.78 is 6.89. The highest BCUT2D eigenvalue weighted by atomic mass is 16.5. The van der Waals surface area contributed by atoms with Gasteiger partial charge in [-0.25, -0.2) is 9.67 Å². The molecule has 0 amide bonds. The first kappa shape index (κ1) is 8.95. The maximum atomic E-state index is 8.41. The Balaban J connectivity index is 2.16. The van der Waals surface area contributed by atoms with Gasteiger partial charge in [-0.1, -0.05) is 5.16 Å². The first-order chi connectivity index (χ1) is 6.81. The number of nitrogens with two attached hydrogens (primary N) is 1. The van der Waals surface area contributed by atoms with E-state index in [1.165, 1.54) is 0 Å². The predicted molar refractivity (Wildman–Crippen MR) is 47.0 cm³/mol. The normalized spacial score (nSPS) is 22.9. The van der Waals surface area contributed by atoms with Crippen LogP contribution < -0.4 is 5.73 Å². The van der Waals surface area contributed by atoms with Gasteiger partial charge in [0.1, 0.15) is 6.33 Å². The van der Waals surface area contributed by atoms with Gasteiger partial charge in [-0.15, -0.1) is 5.10 Å². The van der Waals surface area contributed by atoms with E-state index in [4.69, 9.17) is 15.7 Å². The van der Waals surface area contributed by atoms with Crippen LogP contribution in [0.2, 0.25) is 0 Å². The molecule has 1 saturated heterocycles. The van der Waals surface area contributed by atoms with Gasteiger partial charge >= 0.3 is 0 Å². The molecule has 1 aromatic heterocycles. The van der Waals surface area contributed by atoms with E-state index in [0.717, 1.165) is 13.0 Å². The molecule has 0 bridgehead atoms. The number of aromatic nitrogens is 3. The minimum absolute atomic E-state index is 0.0809. The largest absolute Gasteiger partial charge is 0.409 e. The summed E-state index contributed by atoms with van der Waals surface area (Å²) in [5.74, 6) is 0.155. The van der Waals surface area contributed by atoms with Gasteiger partial charge in [0.05, 0.1) is 12.6 Å². The second kappa shape index (κ2) is 3.62. The molecule has 0 spiro atoms. The van der Waals surface area contributed by atoms with Crippen molar-refractivity contribution in [3.63, 3.8) is 0 Å². The fourth-order valence-corrected chi connectivity index (χ4v) is 1.34. The molecule has 1 aliphatic heterocycles. The average Bonchev–Trinajstić information content (AvgIpc) is 2.86. The van der Waals surface area contributed by atoms with Gasteiger partial charge in [-0.05, 0) is 6.42 Å². The summed E-state index contributed by atoms with van der Waals surface area (Å²) in [5.41, 5.74) is 5.34. The summed E-state index contributed by atoms with van der Waals surface area (Å²) in [5, 5.41) is 15.3. The number of nitrogens with zero attached hydrogens (tertiary/aromatic N) is 4. The fourth-order valence-electron chi connectivity index (χ4n) is 1.34. The van der Waals surface area contributed by atoms with Gasteiger partial charge in [0.25, 0.3) is 0 Å². The second-order valence-electron chi connectivity index (χ2n) is 3.05. The quantitative estimate of drug-likeness (QED) is 0.283. The molecule has 0 aliphatic carbocycles. The van der Waals surface area contributed by atoms with E-state index in [-0.39, 0.29) is 17.7 Å².